The molecule has 2 aromatic carbocycles. The SMILES string of the molecule is O=C(CNc1ccc(S(=O)(=O)C(F)(F)F)cc1[N+](=O)[O-])N1CCN(c2ccccc2)CC1. The van der Waals surface area contributed by atoms with E-state index < -0.39 is 30.9 Å². The Hall–Kier alpha value is -3.35. The zero-order valence-electron chi connectivity index (χ0n) is 16.6. The van der Waals surface area contributed by atoms with Crippen molar-refractivity contribution in [1.29, 1.82) is 0 Å². The molecule has 3 rings (SSSR count). The molecule has 0 bridgehead atoms. The summed E-state index contributed by atoms with van der Waals surface area (Å²) in [6.07, 6.45) is 0. The van der Waals surface area contributed by atoms with Crippen LogP contribution in [0.25, 0.3) is 0 Å². The molecular formula is C19H19F3N4O5S. The Kier molecular flexibility index (Phi) is 6.57. The van der Waals surface area contributed by atoms with Gasteiger partial charge in [-0.05, 0) is 24.3 Å². The van der Waals surface area contributed by atoms with Crippen molar-refractivity contribution >= 4 is 32.8 Å². The third-order valence-corrected chi connectivity index (χ3v) is 6.45. The molecule has 0 aromatic heterocycles. The summed E-state index contributed by atoms with van der Waals surface area (Å²) in [7, 11) is -5.74. The van der Waals surface area contributed by atoms with Crippen molar-refractivity contribution in [2.24, 2.45) is 0 Å². The van der Waals surface area contributed by atoms with E-state index in [2.05, 4.69) is 10.2 Å². The number of benzene rings is 2. The van der Waals surface area contributed by atoms with E-state index in [4.69, 9.17) is 0 Å². The molecule has 9 nitrogen and oxygen atoms in total. The van der Waals surface area contributed by atoms with Crippen molar-refractivity contribution in [2.45, 2.75) is 10.4 Å². The van der Waals surface area contributed by atoms with E-state index in [0.717, 1.165) is 11.8 Å². The molecule has 1 aliphatic heterocycles. The minimum atomic E-state index is -5.74. The predicted molar refractivity (Wildman–Crippen MR) is 110 cm³/mol. The van der Waals surface area contributed by atoms with Crippen LogP contribution in [0.2, 0.25) is 0 Å². The van der Waals surface area contributed by atoms with Crippen LogP contribution in [0.5, 0.6) is 0 Å². The standard InChI is InChI=1S/C19H19F3N4O5S/c20-19(21,22)32(30,31)15-6-7-16(17(12-15)26(28)29)23-13-18(27)25-10-8-24(9-11-25)14-4-2-1-3-5-14/h1-7,12,23H,8-11,13H2. The zero-order valence-corrected chi connectivity index (χ0v) is 17.4. The first-order chi connectivity index (χ1) is 15.0. The lowest BCUT2D eigenvalue weighted by Gasteiger charge is -2.36. The highest BCUT2D eigenvalue weighted by molar-refractivity contribution is 7.92. The van der Waals surface area contributed by atoms with Gasteiger partial charge in [0, 0.05) is 37.9 Å². The number of alkyl halides is 3. The Morgan fingerprint density at radius 3 is 2.25 bits per heavy atom. The number of carbonyl (C=O) groups is 1. The molecular weight excluding hydrogens is 453 g/mol. The number of carbonyl (C=O) groups excluding carboxylic acids is 1. The molecule has 1 N–H and O–H groups in total. The highest BCUT2D eigenvalue weighted by atomic mass is 32.2. The fourth-order valence-corrected chi connectivity index (χ4v) is 4.03. The molecule has 1 saturated heterocycles. The van der Waals surface area contributed by atoms with E-state index in [1.807, 2.05) is 30.3 Å². The summed E-state index contributed by atoms with van der Waals surface area (Å²) < 4.78 is 61.2. The first-order valence-corrected chi connectivity index (χ1v) is 10.9. The average molecular weight is 472 g/mol. The lowest BCUT2D eigenvalue weighted by Crippen LogP contribution is -2.50. The van der Waals surface area contributed by atoms with Crippen LogP contribution >= 0.6 is 0 Å². The number of nitrogens with one attached hydrogen (secondary N) is 1. The van der Waals surface area contributed by atoms with Crippen LogP contribution in [0.3, 0.4) is 0 Å². The van der Waals surface area contributed by atoms with Gasteiger partial charge in [0.1, 0.15) is 5.69 Å². The van der Waals surface area contributed by atoms with Gasteiger partial charge in [0.2, 0.25) is 5.91 Å². The zero-order chi connectivity index (χ0) is 23.5. The normalized spacial score (nSPS) is 14.8. The molecule has 172 valence electrons. The highest BCUT2D eigenvalue weighted by Gasteiger charge is 2.47. The van der Waals surface area contributed by atoms with E-state index >= 15 is 0 Å². The lowest BCUT2D eigenvalue weighted by molar-refractivity contribution is -0.384. The van der Waals surface area contributed by atoms with Crippen LogP contribution < -0.4 is 10.2 Å². The molecule has 1 fully saturated rings. The number of piperazine rings is 1. The maximum Gasteiger partial charge on any atom is 0.501 e. The van der Waals surface area contributed by atoms with Crippen molar-refractivity contribution in [2.75, 3.05) is 42.9 Å². The molecule has 0 aliphatic carbocycles. The number of nitro benzene ring substituents is 1. The number of hydrogen-bond acceptors (Lipinski definition) is 7. The minimum Gasteiger partial charge on any atom is -0.371 e. The third-order valence-electron chi connectivity index (χ3n) is 4.96. The van der Waals surface area contributed by atoms with Crippen molar-refractivity contribution in [3.05, 3.63) is 58.6 Å². The number of nitro groups is 1. The molecule has 1 aliphatic rings. The molecule has 13 heteroatoms. The topological polar surface area (TPSA) is 113 Å². The summed E-state index contributed by atoms with van der Waals surface area (Å²) in [5, 5.41) is 13.8. The molecule has 2 aromatic rings. The van der Waals surface area contributed by atoms with Crippen LogP contribution in [0.15, 0.2) is 53.4 Å². The summed E-state index contributed by atoms with van der Waals surface area (Å²) in [5.41, 5.74) is -5.69. The van der Waals surface area contributed by atoms with Crippen LogP contribution in [0.1, 0.15) is 0 Å². The number of nitrogens with zero attached hydrogens (tertiary/aromatic N) is 3. The van der Waals surface area contributed by atoms with E-state index in [1.54, 1.807) is 4.90 Å². The number of para-hydroxylation sites is 1. The van der Waals surface area contributed by atoms with Gasteiger partial charge in [0.25, 0.3) is 15.5 Å². The quantitative estimate of drug-likeness (QED) is 0.508. The highest BCUT2D eigenvalue weighted by Crippen LogP contribution is 2.34. The van der Waals surface area contributed by atoms with Crippen LogP contribution in [-0.4, -0.2) is 62.4 Å². The molecule has 32 heavy (non-hydrogen) atoms. The summed E-state index contributed by atoms with van der Waals surface area (Å²) in [6, 6.07) is 11.4. The van der Waals surface area contributed by atoms with E-state index in [-0.39, 0.29) is 18.1 Å². The maximum atomic E-state index is 12.7. The van der Waals surface area contributed by atoms with Gasteiger partial charge in [0.15, 0.2) is 0 Å². The fourth-order valence-electron chi connectivity index (χ4n) is 3.25. The molecule has 1 amide bonds. The van der Waals surface area contributed by atoms with Crippen molar-refractivity contribution < 1.29 is 31.3 Å². The largest absolute Gasteiger partial charge is 0.501 e. The monoisotopic (exact) mass is 472 g/mol. The molecule has 0 saturated carbocycles. The molecule has 0 atom stereocenters. The van der Waals surface area contributed by atoms with Crippen LogP contribution in [0.4, 0.5) is 30.2 Å². The smallest absolute Gasteiger partial charge is 0.371 e. The van der Waals surface area contributed by atoms with Gasteiger partial charge in [-0.25, -0.2) is 8.42 Å². The van der Waals surface area contributed by atoms with Crippen LogP contribution in [-0.2, 0) is 14.6 Å². The molecule has 0 unspecified atom stereocenters. The second kappa shape index (κ2) is 9.02. The summed E-state index contributed by atoms with van der Waals surface area (Å²) >= 11 is 0. The Morgan fingerprint density at radius 2 is 1.69 bits per heavy atom. The molecule has 0 radical (unpaired) electrons. The van der Waals surface area contributed by atoms with E-state index in [0.29, 0.717) is 38.3 Å². The molecule has 0 spiro atoms. The van der Waals surface area contributed by atoms with Gasteiger partial charge >= 0.3 is 5.51 Å². The van der Waals surface area contributed by atoms with Crippen molar-refractivity contribution in [3.8, 4) is 0 Å². The van der Waals surface area contributed by atoms with Gasteiger partial charge in [-0.1, -0.05) is 18.2 Å². The van der Waals surface area contributed by atoms with Gasteiger partial charge in [-0.2, -0.15) is 13.2 Å². The minimum absolute atomic E-state index is 0.257. The van der Waals surface area contributed by atoms with E-state index in [1.165, 1.54) is 0 Å². The second-order valence-electron chi connectivity index (χ2n) is 6.94. The lowest BCUT2D eigenvalue weighted by atomic mass is 10.2. The van der Waals surface area contributed by atoms with Gasteiger partial charge in [-0.3, -0.25) is 14.9 Å². The number of sulfone groups is 1. The van der Waals surface area contributed by atoms with Crippen molar-refractivity contribution in [3.63, 3.8) is 0 Å². The summed E-state index contributed by atoms with van der Waals surface area (Å²) in [4.78, 5) is 25.2. The summed E-state index contributed by atoms with van der Waals surface area (Å²) in [6.45, 7) is 1.72. The maximum absolute atomic E-state index is 12.7. The second-order valence-corrected chi connectivity index (χ2v) is 8.88. The number of amides is 1. The molecule has 1 heterocycles. The van der Waals surface area contributed by atoms with Crippen molar-refractivity contribution in [1.82, 2.24) is 4.90 Å². The third kappa shape index (κ3) is 4.93. The number of hydrogen-bond donors (Lipinski definition) is 1. The number of anilines is 2. The fraction of sp³-hybridized carbons (Fsp3) is 0.316. The summed E-state index contributed by atoms with van der Waals surface area (Å²) in [5.74, 6) is -0.348. The Bertz CT molecular complexity index is 1100. The van der Waals surface area contributed by atoms with Gasteiger partial charge < -0.3 is 15.1 Å². The number of rotatable bonds is 6. The Labute approximate surface area is 181 Å². The number of halogens is 3. The predicted octanol–water partition coefficient (Wildman–Crippen LogP) is 2.65. The van der Waals surface area contributed by atoms with E-state index in [9.17, 15) is 36.5 Å². The first-order valence-electron chi connectivity index (χ1n) is 9.42. The first kappa shape index (κ1) is 23.3. The Morgan fingerprint density at radius 1 is 1.06 bits per heavy atom. The van der Waals surface area contributed by atoms with Gasteiger partial charge in [-0.15, -0.1) is 0 Å². The van der Waals surface area contributed by atoms with Crippen LogP contribution in [0, 0.1) is 10.1 Å². The average Bonchev–Trinajstić information content (AvgIpc) is 2.77. The van der Waals surface area contributed by atoms with Gasteiger partial charge in [0.05, 0.1) is 16.4 Å². The Balaban J connectivity index is 1.65.